The molecular formula is C23H28N2O3S. The van der Waals surface area contributed by atoms with Crippen LogP contribution in [0.4, 0.5) is 11.4 Å². The van der Waals surface area contributed by atoms with Gasteiger partial charge in [-0.05, 0) is 81.3 Å². The van der Waals surface area contributed by atoms with Crippen molar-refractivity contribution < 1.29 is 14.3 Å². The molecule has 1 heterocycles. The number of hydrogen-bond donors (Lipinski definition) is 1. The van der Waals surface area contributed by atoms with Gasteiger partial charge in [0.15, 0.2) is 6.40 Å². The molecule has 5 nitrogen and oxygen atoms in total. The molecule has 0 unspecified atom stereocenters. The molecule has 2 aromatic rings. The standard InChI is InChI=1S/C23H28N2O3S/c1-16-13-21-20(23(3,4)28-15-24-21)14-22(16)27-11-5-6-12-29-19-9-7-18(8-10-19)25-17(2)26/h7-10,13-15H,5-6,11-12H2,1-4H3,(H,25,26). The number of amides is 1. The van der Waals surface area contributed by atoms with E-state index < -0.39 is 5.60 Å². The van der Waals surface area contributed by atoms with Crippen molar-refractivity contribution >= 4 is 35.4 Å². The zero-order chi connectivity index (χ0) is 20.9. The Morgan fingerprint density at radius 3 is 2.69 bits per heavy atom. The van der Waals surface area contributed by atoms with E-state index in [1.165, 1.54) is 18.2 Å². The number of benzene rings is 2. The first-order valence-electron chi connectivity index (χ1n) is 9.84. The highest BCUT2D eigenvalue weighted by molar-refractivity contribution is 7.99. The van der Waals surface area contributed by atoms with Crippen LogP contribution < -0.4 is 10.1 Å². The molecule has 0 fully saturated rings. The lowest BCUT2D eigenvalue weighted by Gasteiger charge is -2.29. The minimum atomic E-state index is -0.394. The number of thioether (sulfide) groups is 1. The van der Waals surface area contributed by atoms with Crippen molar-refractivity contribution in [1.29, 1.82) is 0 Å². The van der Waals surface area contributed by atoms with Crippen LogP contribution >= 0.6 is 11.8 Å². The molecule has 1 amide bonds. The Kier molecular flexibility index (Phi) is 6.85. The molecule has 0 aromatic heterocycles. The lowest BCUT2D eigenvalue weighted by Crippen LogP contribution is -2.23. The van der Waals surface area contributed by atoms with Gasteiger partial charge in [-0.15, -0.1) is 11.8 Å². The summed E-state index contributed by atoms with van der Waals surface area (Å²) in [6.45, 7) is 8.32. The van der Waals surface area contributed by atoms with E-state index >= 15 is 0 Å². The van der Waals surface area contributed by atoms with Crippen LogP contribution in [-0.2, 0) is 15.1 Å². The Hall–Kier alpha value is -2.47. The molecule has 1 aliphatic rings. The molecular weight excluding hydrogens is 384 g/mol. The zero-order valence-corrected chi connectivity index (χ0v) is 18.3. The van der Waals surface area contributed by atoms with E-state index in [0.717, 1.165) is 46.8 Å². The van der Waals surface area contributed by atoms with Crippen LogP contribution in [0.15, 0.2) is 46.3 Å². The first kappa shape index (κ1) is 21.2. The number of fused-ring (bicyclic) bond motifs is 1. The van der Waals surface area contributed by atoms with Crippen molar-refractivity contribution in [2.75, 3.05) is 17.7 Å². The first-order valence-corrected chi connectivity index (χ1v) is 10.8. The second-order valence-corrected chi connectivity index (χ2v) is 8.78. The summed E-state index contributed by atoms with van der Waals surface area (Å²) in [5, 5.41) is 2.78. The van der Waals surface area contributed by atoms with E-state index in [2.05, 4.69) is 22.4 Å². The van der Waals surface area contributed by atoms with Gasteiger partial charge in [-0.3, -0.25) is 4.79 Å². The molecule has 3 rings (SSSR count). The summed E-state index contributed by atoms with van der Waals surface area (Å²) in [5.41, 5.74) is 3.53. The number of nitrogens with one attached hydrogen (secondary N) is 1. The van der Waals surface area contributed by atoms with E-state index in [1.54, 1.807) is 0 Å². The number of unbranched alkanes of at least 4 members (excludes halogenated alkanes) is 1. The van der Waals surface area contributed by atoms with Crippen LogP contribution in [-0.4, -0.2) is 24.7 Å². The van der Waals surface area contributed by atoms with Gasteiger partial charge in [0.2, 0.25) is 5.91 Å². The largest absolute Gasteiger partial charge is 0.493 e. The highest BCUT2D eigenvalue weighted by atomic mass is 32.2. The van der Waals surface area contributed by atoms with Crippen LogP contribution in [0.1, 0.15) is 44.7 Å². The highest BCUT2D eigenvalue weighted by Gasteiger charge is 2.28. The number of aryl methyl sites for hydroxylation is 1. The maximum absolute atomic E-state index is 11.1. The summed E-state index contributed by atoms with van der Waals surface area (Å²) >= 11 is 1.82. The number of aliphatic imine (C=N–C) groups is 1. The molecule has 0 bridgehead atoms. The van der Waals surface area contributed by atoms with Crippen molar-refractivity contribution in [2.24, 2.45) is 4.99 Å². The number of nitrogens with zero attached hydrogens (tertiary/aromatic N) is 1. The summed E-state index contributed by atoms with van der Waals surface area (Å²) in [5.74, 6) is 1.88. The summed E-state index contributed by atoms with van der Waals surface area (Å²) < 4.78 is 11.7. The predicted molar refractivity (Wildman–Crippen MR) is 120 cm³/mol. The number of carbonyl (C=O) groups excluding carboxylic acids is 1. The van der Waals surface area contributed by atoms with Crippen molar-refractivity contribution in [3.05, 3.63) is 47.5 Å². The van der Waals surface area contributed by atoms with Gasteiger partial charge in [-0.1, -0.05) is 0 Å². The highest BCUT2D eigenvalue weighted by Crippen LogP contribution is 2.39. The third-order valence-electron chi connectivity index (χ3n) is 4.72. The van der Waals surface area contributed by atoms with Crippen molar-refractivity contribution in [1.82, 2.24) is 0 Å². The number of anilines is 1. The molecule has 0 saturated carbocycles. The molecule has 29 heavy (non-hydrogen) atoms. The van der Waals surface area contributed by atoms with Gasteiger partial charge in [-0.25, -0.2) is 4.99 Å². The summed E-state index contributed by atoms with van der Waals surface area (Å²) in [6.07, 6.45) is 3.58. The topological polar surface area (TPSA) is 59.9 Å². The van der Waals surface area contributed by atoms with Crippen LogP contribution in [0.5, 0.6) is 5.75 Å². The maximum atomic E-state index is 11.1. The van der Waals surface area contributed by atoms with Crippen molar-refractivity contribution in [2.45, 2.75) is 51.0 Å². The van der Waals surface area contributed by atoms with Gasteiger partial charge in [-0.2, -0.15) is 0 Å². The Balaban J connectivity index is 1.43. The fraction of sp³-hybridized carbons (Fsp3) is 0.391. The fourth-order valence-electron chi connectivity index (χ4n) is 3.11. The summed E-state index contributed by atoms with van der Waals surface area (Å²) in [6, 6.07) is 12.1. The third-order valence-corrected chi connectivity index (χ3v) is 5.82. The van der Waals surface area contributed by atoms with E-state index in [9.17, 15) is 4.79 Å². The first-order chi connectivity index (χ1) is 13.8. The Morgan fingerprint density at radius 1 is 1.21 bits per heavy atom. The quantitative estimate of drug-likeness (QED) is 0.438. The molecule has 0 atom stereocenters. The van der Waals surface area contributed by atoms with Gasteiger partial charge in [0.1, 0.15) is 11.4 Å². The summed E-state index contributed by atoms with van der Waals surface area (Å²) in [7, 11) is 0. The molecule has 6 heteroatoms. The normalized spacial score (nSPS) is 14.1. The average Bonchev–Trinajstić information content (AvgIpc) is 2.66. The molecule has 0 radical (unpaired) electrons. The fourth-order valence-corrected chi connectivity index (χ4v) is 4.02. The molecule has 0 saturated heterocycles. The predicted octanol–water partition coefficient (Wildman–Crippen LogP) is 5.83. The van der Waals surface area contributed by atoms with Crippen molar-refractivity contribution in [3.63, 3.8) is 0 Å². The van der Waals surface area contributed by atoms with Crippen LogP contribution in [0.25, 0.3) is 0 Å². The van der Waals surface area contributed by atoms with E-state index in [4.69, 9.17) is 9.47 Å². The minimum Gasteiger partial charge on any atom is -0.493 e. The van der Waals surface area contributed by atoms with E-state index in [1.807, 2.05) is 56.8 Å². The molecule has 1 N–H and O–H groups in total. The summed E-state index contributed by atoms with van der Waals surface area (Å²) in [4.78, 5) is 16.6. The number of carbonyl (C=O) groups is 1. The number of ether oxygens (including phenoxy) is 2. The third kappa shape index (κ3) is 5.76. The lowest BCUT2D eigenvalue weighted by molar-refractivity contribution is -0.114. The minimum absolute atomic E-state index is 0.0524. The number of rotatable bonds is 8. The molecule has 2 aromatic carbocycles. The van der Waals surface area contributed by atoms with Gasteiger partial charge in [0, 0.05) is 23.1 Å². The molecule has 0 aliphatic carbocycles. The van der Waals surface area contributed by atoms with Gasteiger partial charge in [0.25, 0.3) is 0 Å². The zero-order valence-electron chi connectivity index (χ0n) is 17.5. The monoisotopic (exact) mass is 412 g/mol. The van der Waals surface area contributed by atoms with E-state index in [-0.39, 0.29) is 5.91 Å². The van der Waals surface area contributed by atoms with Crippen LogP contribution in [0, 0.1) is 6.92 Å². The smallest absolute Gasteiger partial charge is 0.221 e. The maximum Gasteiger partial charge on any atom is 0.221 e. The Labute approximate surface area is 176 Å². The SMILES string of the molecule is CC(=O)Nc1ccc(SCCCCOc2cc3c(cc2C)N=COC3(C)C)cc1. The second kappa shape index (κ2) is 9.35. The van der Waals surface area contributed by atoms with Crippen LogP contribution in [0.3, 0.4) is 0 Å². The Bertz CT molecular complexity index is 892. The number of hydrogen-bond acceptors (Lipinski definition) is 5. The molecule has 0 spiro atoms. The van der Waals surface area contributed by atoms with Gasteiger partial charge >= 0.3 is 0 Å². The Morgan fingerprint density at radius 2 is 1.97 bits per heavy atom. The van der Waals surface area contributed by atoms with Gasteiger partial charge < -0.3 is 14.8 Å². The van der Waals surface area contributed by atoms with Crippen molar-refractivity contribution in [3.8, 4) is 5.75 Å². The van der Waals surface area contributed by atoms with E-state index in [0.29, 0.717) is 6.61 Å². The average molecular weight is 413 g/mol. The van der Waals surface area contributed by atoms with Gasteiger partial charge in [0.05, 0.1) is 12.3 Å². The molecule has 154 valence electrons. The van der Waals surface area contributed by atoms with Crippen LogP contribution in [0.2, 0.25) is 0 Å². The second-order valence-electron chi connectivity index (χ2n) is 7.61. The molecule has 1 aliphatic heterocycles. The lowest BCUT2D eigenvalue weighted by atomic mass is 9.94.